The van der Waals surface area contributed by atoms with E-state index in [0.29, 0.717) is 12.1 Å². The van der Waals surface area contributed by atoms with E-state index in [1.54, 1.807) is 12.7 Å². The Balaban J connectivity index is 1.62. The fourth-order valence-corrected chi connectivity index (χ4v) is 2.38. The molecule has 1 aliphatic carbocycles. The lowest BCUT2D eigenvalue weighted by atomic mass is 9.89. The Morgan fingerprint density at radius 3 is 2.84 bits per heavy atom. The van der Waals surface area contributed by atoms with Crippen molar-refractivity contribution >= 4 is 5.69 Å². The zero-order valence-electron chi connectivity index (χ0n) is 11.0. The predicted octanol–water partition coefficient (Wildman–Crippen LogP) is 2.25. The number of nitrogens with zero attached hydrogens (tertiary/aromatic N) is 3. The lowest BCUT2D eigenvalue weighted by Crippen LogP contribution is -2.40. The van der Waals surface area contributed by atoms with E-state index >= 15 is 0 Å². The van der Waals surface area contributed by atoms with Crippen molar-refractivity contribution in [2.45, 2.75) is 31.9 Å². The van der Waals surface area contributed by atoms with Crippen molar-refractivity contribution in [3.63, 3.8) is 0 Å². The van der Waals surface area contributed by atoms with Gasteiger partial charge in [0.1, 0.15) is 12.7 Å². The maximum atomic E-state index is 5.57. The summed E-state index contributed by atoms with van der Waals surface area (Å²) in [5, 5.41) is 11.2. The Labute approximate surface area is 112 Å². The van der Waals surface area contributed by atoms with Crippen LogP contribution in [0, 0.1) is 0 Å². The lowest BCUT2D eigenvalue weighted by molar-refractivity contribution is 0.00299. The summed E-state index contributed by atoms with van der Waals surface area (Å²) in [5.41, 5.74) is 2.20. The molecule has 1 aliphatic rings. The summed E-state index contributed by atoms with van der Waals surface area (Å²) in [7, 11) is 0. The molecule has 3 rings (SSSR count). The van der Waals surface area contributed by atoms with Crippen LogP contribution < -0.4 is 5.32 Å². The van der Waals surface area contributed by atoms with E-state index in [-0.39, 0.29) is 0 Å². The molecule has 0 unspecified atom stereocenters. The highest BCUT2D eigenvalue weighted by atomic mass is 16.5. The minimum atomic E-state index is 0.434. The summed E-state index contributed by atoms with van der Waals surface area (Å²) in [6.45, 7) is 2.85. The molecule has 5 heteroatoms. The van der Waals surface area contributed by atoms with E-state index in [0.717, 1.165) is 30.8 Å². The van der Waals surface area contributed by atoms with Crippen molar-refractivity contribution in [1.29, 1.82) is 0 Å². The van der Waals surface area contributed by atoms with Gasteiger partial charge in [-0.3, -0.25) is 4.57 Å². The molecular formula is C14H18N4O. The minimum absolute atomic E-state index is 0.434. The quantitative estimate of drug-likeness (QED) is 0.893. The van der Waals surface area contributed by atoms with Gasteiger partial charge >= 0.3 is 0 Å². The van der Waals surface area contributed by atoms with Crippen LogP contribution in [-0.4, -0.2) is 33.5 Å². The van der Waals surface area contributed by atoms with Gasteiger partial charge in [-0.2, -0.15) is 0 Å². The van der Waals surface area contributed by atoms with Crippen LogP contribution in [0.15, 0.2) is 36.9 Å². The molecule has 1 fully saturated rings. The first-order valence-electron chi connectivity index (χ1n) is 6.68. The Hall–Kier alpha value is -1.88. The standard InChI is InChI=1S/C14H18N4O/c1-2-19-14-7-12(8-14)17-11-4-3-5-13(6-11)18-9-15-16-10-18/h3-6,9-10,12,14,17H,2,7-8H2,1H3. The molecular weight excluding hydrogens is 240 g/mol. The molecule has 5 nitrogen and oxygen atoms in total. The van der Waals surface area contributed by atoms with Crippen LogP contribution in [0.2, 0.25) is 0 Å². The SMILES string of the molecule is CCOC1CC(Nc2cccc(-n3cnnc3)c2)C1. The van der Waals surface area contributed by atoms with E-state index < -0.39 is 0 Å². The number of hydrogen-bond donors (Lipinski definition) is 1. The third-order valence-corrected chi connectivity index (χ3v) is 3.43. The van der Waals surface area contributed by atoms with Gasteiger partial charge in [0, 0.05) is 18.3 Å². The van der Waals surface area contributed by atoms with Crippen LogP contribution in [0.3, 0.4) is 0 Å². The Morgan fingerprint density at radius 1 is 1.32 bits per heavy atom. The van der Waals surface area contributed by atoms with Crippen LogP contribution in [0.4, 0.5) is 5.69 Å². The second-order valence-corrected chi connectivity index (χ2v) is 4.81. The van der Waals surface area contributed by atoms with Gasteiger partial charge < -0.3 is 10.1 Å². The summed E-state index contributed by atoms with van der Waals surface area (Å²) in [6, 6.07) is 8.79. The molecule has 1 saturated carbocycles. The summed E-state index contributed by atoms with van der Waals surface area (Å²) in [6.07, 6.45) is 6.01. The number of aromatic nitrogens is 3. The van der Waals surface area contributed by atoms with Gasteiger partial charge in [0.25, 0.3) is 0 Å². The van der Waals surface area contributed by atoms with Crippen molar-refractivity contribution in [2.75, 3.05) is 11.9 Å². The normalized spacial score (nSPS) is 21.9. The molecule has 19 heavy (non-hydrogen) atoms. The molecule has 0 radical (unpaired) electrons. The first-order chi connectivity index (χ1) is 9.35. The van der Waals surface area contributed by atoms with Crippen molar-refractivity contribution in [2.24, 2.45) is 0 Å². The number of benzene rings is 1. The van der Waals surface area contributed by atoms with Crippen LogP contribution >= 0.6 is 0 Å². The van der Waals surface area contributed by atoms with E-state index in [1.165, 1.54) is 0 Å². The number of rotatable bonds is 5. The molecule has 0 bridgehead atoms. The molecule has 1 aromatic carbocycles. The molecule has 0 spiro atoms. The van der Waals surface area contributed by atoms with Crippen LogP contribution in [-0.2, 0) is 4.74 Å². The van der Waals surface area contributed by atoms with Gasteiger partial charge in [-0.15, -0.1) is 10.2 Å². The average Bonchev–Trinajstić information content (AvgIpc) is 2.91. The molecule has 0 saturated heterocycles. The average molecular weight is 258 g/mol. The Morgan fingerprint density at radius 2 is 2.11 bits per heavy atom. The highest BCUT2D eigenvalue weighted by Gasteiger charge is 2.29. The van der Waals surface area contributed by atoms with Crippen molar-refractivity contribution in [3.8, 4) is 5.69 Å². The molecule has 2 aromatic rings. The van der Waals surface area contributed by atoms with Gasteiger partial charge in [-0.1, -0.05) is 6.07 Å². The number of anilines is 1. The Kier molecular flexibility index (Phi) is 3.46. The van der Waals surface area contributed by atoms with E-state index in [1.807, 2.05) is 23.6 Å². The Bertz CT molecular complexity index is 520. The molecule has 0 amide bonds. The summed E-state index contributed by atoms with van der Waals surface area (Å²) in [4.78, 5) is 0. The molecule has 0 atom stereocenters. The monoisotopic (exact) mass is 258 g/mol. The first-order valence-corrected chi connectivity index (χ1v) is 6.68. The zero-order chi connectivity index (χ0) is 13.1. The first kappa shape index (κ1) is 12.2. The zero-order valence-corrected chi connectivity index (χ0v) is 11.0. The van der Waals surface area contributed by atoms with Crippen LogP contribution in [0.5, 0.6) is 0 Å². The summed E-state index contributed by atoms with van der Waals surface area (Å²) < 4.78 is 7.47. The molecule has 1 N–H and O–H groups in total. The van der Waals surface area contributed by atoms with Crippen LogP contribution in [0.25, 0.3) is 5.69 Å². The van der Waals surface area contributed by atoms with Crippen molar-refractivity contribution in [3.05, 3.63) is 36.9 Å². The van der Waals surface area contributed by atoms with Crippen LogP contribution in [0.1, 0.15) is 19.8 Å². The molecule has 100 valence electrons. The third kappa shape index (κ3) is 2.76. The molecule has 0 aliphatic heterocycles. The highest BCUT2D eigenvalue weighted by Crippen LogP contribution is 2.27. The van der Waals surface area contributed by atoms with E-state index in [2.05, 4.69) is 27.6 Å². The van der Waals surface area contributed by atoms with Gasteiger partial charge in [-0.25, -0.2) is 0 Å². The third-order valence-electron chi connectivity index (χ3n) is 3.43. The fraction of sp³-hybridized carbons (Fsp3) is 0.429. The predicted molar refractivity (Wildman–Crippen MR) is 73.4 cm³/mol. The van der Waals surface area contributed by atoms with Gasteiger partial charge in [0.15, 0.2) is 0 Å². The highest BCUT2D eigenvalue weighted by molar-refractivity contribution is 5.51. The van der Waals surface area contributed by atoms with E-state index in [4.69, 9.17) is 4.74 Å². The number of ether oxygens (including phenoxy) is 1. The fourth-order valence-electron chi connectivity index (χ4n) is 2.38. The van der Waals surface area contributed by atoms with Gasteiger partial charge in [-0.05, 0) is 38.0 Å². The number of hydrogen-bond acceptors (Lipinski definition) is 4. The largest absolute Gasteiger partial charge is 0.382 e. The maximum Gasteiger partial charge on any atom is 0.123 e. The molecule has 1 heterocycles. The molecule has 1 aromatic heterocycles. The van der Waals surface area contributed by atoms with Crippen molar-refractivity contribution < 1.29 is 4.74 Å². The van der Waals surface area contributed by atoms with Gasteiger partial charge in [0.05, 0.1) is 11.8 Å². The summed E-state index contributed by atoms with van der Waals surface area (Å²) in [5.74, 6) is 0. The number of nitrogens with one attached hydrogen (secondary N) is 1. The second kappa shape index (κ2) is 5.40. The second-order valence-electron chi connectivity index (χ2n) is 4.81. The van der Waals surface area contributed by atoms with E-state index in [9.17, 15) is 0 Å². The van der Waals surface area contributed by atoms with Gasteiger partial charge in [0.2, 0.25) is 0 Å². The van der Waals surface area contributed by atoms with Crippen molar-refractivity contribution in [1.82, 2.24) is 14.8 Å². The maximum absolute atomic E-state index is 5.57. The topological polar surface area (TPSA) is 52.0 Å². The smallest absolute Gasteiger partial charge is 0.123 e. The lowest BCUT2D eigenvalue weighted by Gasteiger charge is -2.36. The minimum Gasteiger partial charge on any atom is -0.382 e. The summed E-state index contributed by atoms with van der Waals surface area (Å²) >= 11 is 0.